The van der Waals surface area contributed by atoms with Gasteiger partial charge in [-0.1, -0.05) is 66.7 Å². The van der Waals surface area contributed by atoms with Crippen LogP contribution in [0.4, 0.5) is 0 Å². The van der Waals surface area contributed by atoms with Gasteiger partial charge in [0.15, 0.2) is 0 Å². The maximum atomic E-state index is 11.2. The lowest BCUT2D eigenvalue weighted by Crippen LogP contribution is -1.95. The van der Waals surface area contributed by atoms with Gasteiger partial charge in [-0.05, 0) is 39.1 Å². The second kappa shape index (κ2) is 5.48. The second-order valence-corrected chi connectivity index (χ2v) is 5.14. The van der Waals surface area contributed by atoms with Crippen molar-refractivity contribution in [3.63, 3.8) is 0 Å². The van der Waals surface area contributed by atoms with E-state index in [2.05, 4.69) is 24.3 Å². The van der Waals surface area contributed by atoms with Crippen LogP contribution in [-0.2, 0) is 11.2 Å². The van der Waals surface area contributed by atoms with Crippen LogP contribution in [0.5, 0.6) is 0 Å². The molecule has 0 fully saturated rings. The van der Waals surface area contributed by atoms with Gasteiger partial charge in [0.25, 0.3) is 0 Å². The molecule has 0 bridgehead atoms. The molecule has 0 aliphatic carbocycles. The first kappa shape index (κ1) is 12.9. The Morgan fingerprint density at radius 3 is 2.15 bits per heavy atom. The predicted molar refractivity (Wildman–Crippen MR) is 83.9 cm³/mol. The van der Waals surface area contributed by atoms with E-state index in [0.717, 1.165) is 16.3 Å². The number of rotatable bonds is 3. The van der Waals surface area contributed by atoms with Gasteiger partial charge in [0.1, 0.15) is 0 Å². The van der Waals surface area contributed by atoms with E-state index in [0.29, 0.717) is 0 Å². The third-order valence-electron chi connectivity index (χ3n) is 3.43. The normalized spacial score (nSPS) is 10.7. The van der Waals surface area contributed by atoms with Gasteiger partial charge < -0.3 is 0 Å². The molecule has 0 heterocycles. The smallest absolute Gasteiger partial charge is 0.226 e. The highest BCUT2D eigenvalue weighted by atomic mass is 35.5. The summed E-state index contributed by atoms with van der Waals surface area (Å²) in [4.78, 5) is 11.2. The Bertz CT molecular complexity index is 763. The molecule has 0 N–H and O–H groups in total. The topological polar surface area (TPSA) is 17.1 Å². The molecule has 0 aromatic heterocycles. The van der Waals surface area contributed by atoms with Gasteiger partial charge in [-0.25, -0.2) is 0 Å². The molecule has 0 amide bonds. The standard InChI is InChI=1S/C18H13ClO/c19-18(20)12-14-10-11-16(13-6-2-1-3-7-13)17-9-5-4-8-15(14)17/h1-11H,12H2. The van der Waals surface area contributed by atoms with Crippen molar-refractivity contribution < 1.29 is 4.79 Å². The van der Waals surface area contributed by atoms with Crippen LogP contribution in [0.2, 0.25) is 0 Å². The monoisotopic (exact) mass is 280 g/mol. The zero-order chi connectivity index (χ0) is 13.9. The molecule has 0 radical (unpaired) electrons. The molecule has 3 aromatic carbocycles. The van der Waals surface area contributed by atoms with Gasteiger partial charge in [0.2, 0.25) is 5.24 Å². The maximum absolute atomic E-state index is 11.2. The van der Waals surface area contributed by atoms with Crippen molar-refractivity contribution in [1.29, 1.82) is 0 Å². The summed E-state index contributed by atoms with van der Waals surface area (Å²) in [5.74, 6) is 0. The zero-order valence-electron chi connectivity index (χ0n) is 10.8. The van der Waals surface area contributed by atoms with E-state index in [9.17, 15) is 4.79 Å². The van der Waals surface area contributed by atoms with Crippen LogP contribution in [0.1, 0.15) is 5.56 Å². The van der Waals surface area contributed by atoms with Crippen LogP contribution in [0.25, 0.3) is 21.9 Å². The van der Waals surface area contributed by atoms with Crippen molar-refractivity contribution in [2.24, 2.45) is 0 Å². The summed E-state index contributed by atoms with van der Waals surface area (Å²) in [5.41, 5.74) is 3.32. The van der Waals surface area contributed by atoms with Gasteiger partial charge in [-0.2, -0.15) is 0 Å². The van der Waals surface area contributed by atoms with Gasteiger partial charge in [0.05, 0.1) is 0 Å². The predicted octanol–water partition coefficient (Wildman–Crippen LogP) is 4.81. The fourth-order valence-electron chi connectivity index (χ4n) is 2.53. The molecule has 3 aromatic rings. The van der Waals surface area contributed by atoms with Gasteiger partial charge in [-0.15, -0.1) is 0 Å². The molecule has 0 saturated heterocycles. The van der Waals surface area contributed by atoms with E-state index >= 15 is 0 Å². The molecule has 0 unspecified atom stereocenters. The van der Waals surface area contributed by atoms with Crippen molar-refractivity contribution in [2.45, 2.75) is 6.42 Å². The Balaban J connectivity index is 2.24. The first-order valence-electron chi connectivity index (χ1n) is 6.50. The number of carbonyl (C=O) groups excluding carboxylic acids is 1. The van der Waals surface area contributed by atoms with Crippen LogP contribution in [0.3, 0.4) is 0 Å². The fourth-order valence-corrected chi connectivity index (χ4v) is 2.68. The molecule has 0 saturated carbocycles. The number of carbonyl (C=O) groups is 1. The average molecular weight is 281 g/mol. The van der Waals surface area contributed by atoms with Gasteiger partial charge in [-0.3, -0.25) is 4.79 Å². The SMILES string of the molecule is O=C(Cl)Cc1ccc(-c2ccccc2)c2ccccc12. The summed E-state index contributed by atoms with van der Waals surface area (Å²) in [5, 5.41) is 1.90. The fraction of sp³-hybridized carbons (Fsp3) is 0.0556. The van der Waals surface area contributed by atoms with Crippen molar-refractivity contribution in [1.82, 2.24) is 0 Å². The Kier molecular flexibility index (Phi) is 3.53. The van der Waals surface area contributed by atoms with E-state index in [1.807, 2.05) is 42.5 Å². The molecule has 1 nitrogen and oxygen atoms in total. The minimum atomic E-state index is -0.331. The van der Waals surface area contributed by atoms with E-state index in [4.69, 9.17) is 11.6 Å². The average Bonchev–Trinajstić information content (AvgIpc) is 2.48. The minimum Gasteiger partial charge on any atom is -0.281 e. The van der Waals surface area contributed by atoms with Crippen molar-refractivity contribution >= 4 is 27.6 Å². The summed E-state index contributed by atoms with van der Waals surface area (Å²) in [6, 6.07) is 22.4. The number of hydrogen-bond donors (Lipinski definition) is 0. The highest BCUT2D eigenvalue weighted by Crippen LogP contribution is 2.31. The van der Waals surface area contributed by atoms with Crippen LogP contribution in [-0.4, -0.2) is 5.24 Å². The van der Waals surface area contributed by atoms with E-state index < -0.39 is 0 Å². The molecule has 0 aliphatic rings. The van der Waals surface area contributed by atoms with Crippen molar-refractivity contribution in [3.05, 3.63) is 72.3 Å². The number of hydrogen-bond acceptors (Lipinski definition) is 1. The quantitative estimate of drug-likeness (QED) is 0.629. The Hall–Kier alpha value is -2.12. The molecule has 3 rings (SSSR count). The molecule has 2 heteroatoms. The Morgan fingerprint density at radius 1 is 0.800 bits per heavy atom. The maximum Gasteiger partial charge on any atom is 0.226 e. The third-order valence-corrected chi connectivity index (χ3v) is 3.56. The molecule has 0 aliphatic heterocycles. The summed E-state index contributed by atoms with van der Waals surface area (Å²) in [6.45, 7) is 0. The highest BCUT2D eigenvalue weighted by molar-refractivity contribution is 6.63. The van der Waals surface area contributed by atoms with Crippen LogP contribution in [0, 0.1) is 0 Å². The Labute approximate surface area is 122 Å². The highest BCUT2D eigenvalue weighted by Gasteiger charge is 2.09. The molecule has 20 heavy (non-hydrogen) atoms. The largest absolute Gasteiger partial charge is 0.281 e. The van der Waals surface area contributed by atoms with E-state index in [1.54, 1.807) is 0 Å². The van der Waals surface area contributed by atoms with Crippen LogP contribution < -0.4 is 0 Å². The first-order valence-corrected chi connectivity index (χ1v) is 6.88. The van der Waals surface area contributed by atoms with E-state index in [1.165, 1.54) is 11.1 Å². The zero-order valence-corrected chi connectivity index (χ0v) is 11.6. The minimum absolute atomic E-state index is 0.261. The molecular weight excluding hydrogens is 268 g/mol. The lowest BCUT2D eigenvalue weighted by atomic mass is 9.94. The summed E-state index contributed by atoms with van der Waals surface area (Å²) < 4.78 is 0. The summed E-state index contributed by atoms with van der Waals surface area (Å²) in [6.07, 6.45) is 0.261. The third kappa shape index (κ3) is 2.45. The molecule has 98 valence electrons. The van der Waals surface area contributed by atoms with Crippen molar-refractivity contribution in [2.75, 3.05) is 0 Å². The molecule has 0 spiro atoms. The van der Waals surface area contributed by atoms with Crippen LogP contribution in [0.15, 0.2) is 66.7 Å². The molecular formula is C18H13ClO. The summed E-state index contributed by atoms with van der Waals surface area (Å²) in [7, 11) is 0. The number of halogens is 1. The number of fused-ring (bicyclic) bond motifs is 1. The number of benzene rings is 3. The van der Waals surface area contributed by atoms with Gasteiger partial charge in [0, 0.05) is 6.42 Å². The van der Waals surface area contributed by atoms with E-state index in [-0.39, 0.29) is 11.7 Å². The van der Waals surface area contributed by atoms with Crippen molar-refractivity contribution in [3.8, 4) is 11.1 Å². The van der Waals surface area contributed by atoms with Crippen LogP contribution >= 0.6 is 11.6 Å². The lowest BCUT2D eigenvalue weighted by Gasteiger charge is -2.10. The Morgan fingerprint density at radius 2 is 1.45 bits per heavy atom. The molecule has 0 atom stereocenters. The lowest BCUT2D eigenvalue weighted by molar-refractivity contribution is -0.111. The first-order chi connectivity index (χ1) is 9.75. The summed E-state index contributed by atoms with van der Waals surface area (Å²) >= 11 is 5.53. The second-order valence-electron chi connectivity index (χ2n) is 4.72. The van der Waals surface area contributed by atoms with Gasteiger partial charge >= 0.3 is 0 Å².